The van der Waals surface area contributed by atoms with Crippen molar-refractivity contribution in [2.75, 3.05) is 19.6 Å². The third kappa shape index (κ3) is 4.93. The zero-order chi connectivity index (χ0) is 19.3. The monoisotopic (exact) mass is 360 g/mol. The van der Waals surface area contributed by atoms with Crippen molar-refractivity contribution in [2.45, 2.75) is 45.6 Å². The molecule has 2 rings (SSSR count). The summed E-state index contributed by atoms with van der Waals surface area (Å²) in [6.45, 7) is 9.08. The van der Waals surface area contributed by atoms with Crippen molar-refractivity contribution in [2.24, 2.45) is 5.92 Å². The van der Waals surface area contributed by atoms with Crippen LogP contribution in [0.25, 0.3) is 0 Å². The lowest BCUT2D eigenvalue weighted by Gasteiger charge is -2.43. The second-order valence-electron chi connectivity index (χ2n) is 7.69. The van der Waals surface area contributed by atoms with E-state index < -0.39 is 7.12 Å². The van der Waals surface area contributed by atoms with Crippen LogP contribution in [-0.4, -0.2) is 59.4 Å². The molecule has 0 aliphatic carbocycles. The Hall–Kier alpha value is -1.70. The Morgan fingerprint density at radius 3 is 2.77 bits per heavy atom. The molecule has 1 aromatic carbocycles. The number of nitrogens with one attached hydrogen (secondary N) is 1. The minimum atomic E-state index is -1.74. The molecular formula is C19H29BN2O4. The van der Waals surface area contributed by atoms with Crippen molar-refractivity contribution in [1.82, 2.24) is 10.2 Å². The molecule has 0 aromatic heterocycles. The molecule has 1 amide bonds. The summed E-state index contributed by atoms with van der Waals surface area (Å²) < 4.78 is 0. The molecule has 1 fully saturated rings. The van der Waals surface area contributed by atoms with Gasteiger partial charge in [-0.2, -0.15) is 0 Å². The van der Waals surface area contributed by atoms with Crippen LogP contribution in [0.4, 0.5) is 0 Å². The molecule has 0 saturated carbocycles. The third-order valence-electron chi connectivity index (χ3n) is 5.39. The molecule has 3 N–H and O–H groups in total. The van der Waals surface area contributed by atoms with Crippen LogP contribution in [0, 0.1) is 5.92 Å². The van der Waals surface area contributed by atoms with E-state index in [1.807, 2.05) is 0 Å². The van der Waals surface area contributed by atoms with E-state index in [1.54, 1.807) is 0 Å². The predicted octanol–water partition coefficient (Wildman–Crippen LogP) is 0.809. The Labute approximate surface area is 155 Å². The number of carbonyl (C=O) groups excluding carboxylic acids is 2. The summed E-state index contributed by atoms with van der Waals surface area (Å²) >= 11 is 0. The van der Waals surface area contributed by atoms with Crippen LogP contribution in [0.3, 0.4) is 0 Å². The number of likely N-dealkylation sites (tertiary alicyclic amines) is 1. The highest BCUT2D eigenvalue weighted by Crippen LogP contribution is 2.25. The van der Waals surface area contributed by atoms with Gasteiger partial charge in [0.05, 0.1) is 0 Å². The zero-order valence-electron chi connectivity index (χ0n) is 15.9. The number of hydrogen-bond donors (Lipinski definition) is 3. The van der Waals surface area contributed by atoms with Crippen molar-refractivity contribution in [3.63, 3.8) is 0 Å². The number of rotatable bonds is 7. The Balaban J connectivity index is 2.02. The highest BCUT2D eigenvalue weighted by atomic mass is 16.4. The molecule has 26 heavy (non-hydrogen) atoms. The number of amides is 1. The molecule has 1 saturated heterocycles. The fraction of sp³-hybridized carbons (Fsp3) is 0.579. The van der Waals surface area contributed by atoms with E-state index in [2.05, 4.69) is 31.0 Å². The largest absolute Gasteiger partial charge is 0.489 e. The number of hydrogen-bond acceptors (Lipinski definition) is 5. The molecule has 1 aromatic rings. The second kappa shape index (κ2) is 8.80. The molecule has 6 nitrogen and oxygen atoms in total. The summed E-state index contributed by atoms with van der Waals surface area (Å²) in [5.41, 5.74) is 0.375. The SMILES string of the molecule is CCC1CCCN(C(C)(C)CNC(=O)c2ccc(B(O)O)c(C=O)c2)C1. The Bertz CT molecular complexity index is 648. The quantitative estimate of drug-likeness (QED) is 0.495. The van der Waals surface area contributed by atoms with Crippen molar-refractivity contribution >= 4 is 24.8 Å². The lowest BCUT2D eigenvalue weighted by molar-refractivity contribution is 0.0612. The van der Waals surface area contributed by atoms with Gasteiger partial charge in [-0.15, -0.1) is 0 Å². The van der Waals surface area contributed by atoms with Crippen LogP contribution in [0.2, 0.25) is 0 Å². The molecule has 0 radical (unpaired) electrons. The first-order valence-corrected chi connectivity index (χ1v) is 9.27. The van der Waals surface area contributed by atoms with Gasteiger partial charge in [-0.3, -0.25) is 14.5 Å². The smallest absolute Gasteiger partial charge is 0.423 e. The molecule has 0 bridgehead atoms. The van der Waals surface area contributed by atoms with Gasteiger partial charge in [0, 0.05) is 29.8 Å². The van der Waals surface area contributed by atoms with Gasteiger partial charge in [-0.05, 0) is 56.7 Å². The second-order valence-corrected chi connectivity index (χ2v) is 7.69. The molecular weight excluding hydrogens is 331 g/mol. The topological polar surface area (TPSA) is 89.9 Å². The Morgan fingerprint density at radius 2 is 2.15 bits per heavy atom. The van der Waals surface area contributed by atoms with E-state index in [1.165, 1.54) is 37.5 Å². The van der Waals surface area contributed by atoms with Gasteiger partial charge < -0.3 is 15.4 Å². The average molecular weight is 360 g/mol. The molecule has 1 atom stereocenters. The zero-order valence-corrected chi connectivity index (χ0v) is 15.9. The van der Waals surface area contributed by atoms with Crippen molar-refractivity contribution < 1.29 is 19.6 Å². The molecule has 1 aliphatic rings. The van der Waals surface area contributed by atoms with Crippen LogP contribution >= 0.6 is 0 Å². The molecule has 1 unspecified atom stereocenters. The van der Waals surface area contributed by atoms with Gasteiger partial charge >= 0.3 is 7.12 Å². The van der Waals surface area contributed by atoms with Crippen molar-refractivity contribution in [1.29, 1.82) is 0 Å². The molecule has 7 heteroatoms. The van der Waals surface area contributed by atoms with Crippen LogP contribution < -0.4 is 10.8 Å². The summed E-state index contributed by atoms with van der Waals surface area (Å²) in [6.07, 6.45) is 4.15. The van der Waals surface area contributed by atoms with E-state index >= 15 is 0 Å². The summed E-state index contributed by atoms with van der Waals surface area (Å²) in [5, 5.41) is 21.5. The number of carbonyl (C=O) groups is 2. The van der Waals surface area contributed by atoms with Crippen LogP contribution in [0.5, 0.6) is 0 Å². The van der Waals surface area contributed by atoms with E-state index in [4.69, 9.17) is 0 Å². The minimum absolute atomic E-state index is 0.0933. The summed E-state index contributed by atoms with van der Waals surface area (Å²) in [5.74, 6) is 0.440. The van der Waals surface area contributed by atoms with E-state index in [-0.39, 0.29) is 22.5 Å². The van der Waals surface area contributed by atoms with Crippen LogP contribution in [-0.2, 0) is 0 Å². The first-order valence-electron chi connectivity index (χ1n) is 9.27. The lowest BCUT2D eigenvalue weighted by atomic mass is 9.77. The molecule has 142 valence electrons. The van der Waals surface area contributed by atoms with Gasteiger partial charge in [-0.25, -0.2) is 0 Å². The maximum atomic E-state index is 12.5. The Kier molecular flexibility index (Phi) is 6.97. The van der Waals surface area contributed by atoms with Gasteiger partial charge in [-0.1, -0.05) is 19.4 Å². The third-order valence-corrected chi connectivity index (χ3v) is 5.39. The normalized spacial score (nSPS) is 18.4. The maximum absolute atomic E-state index is 12.5. The predicted molar refractivity (Wildman–Crippen MR) is 103 cm³/mol. The standard InChI is InChI=1S/C19H29BN2O4/c1-4-14-6-5-9-22(11-14)19(2,3)13-21-18(24)15-7-8-17(20(25)26)16(10-15)12-23/h7-8,10,12,14,25-26H,4-6,9,11,13H2,1-3H3,(H,21,24). The highest BCUT2D eigenvalue weighted by molar-refractivity contribution is 6.60. The van der Waals surface area contributed by atoms with E-state index in [0.717, 1.165) is 13.1 Å². The van der Waals surface area contributed by atoms with Gasteiger partial charge in [0.1, 0.15) is 6.29 Å². The van der Waals surface area contributed by atoms with E-state index in [0.29, 0.717) is 24.3 Å². The highest BCUT2D eigenvalue weighted by Gasteiger charge is 2.31. The van der Waals surface area contributed by atoms with Gasteiger partial charge in [0.15, 0.2) is 0 Å². The summed E-state index contributed by atoms with van der Waals surface area (Å²) in [7, 11) is -1.74. The molecule has 1 aliphatic heterocycles. The minimum Gasteiger partial charge on any atom is -0.423 e. The lowest BCUT2D eigenvalue weighted by Crippen LogP contribution is -2.54. The Morgan fingerprint density at radius 1 is 1.42 bits per heavy atom. The average Bonchev–Trinajstić information content (AvgIpc) is 2.65. The van der Waals surface area contributed by atoms with Crippen LogP contribution in [0.1, 0.15) is 60.7 Å². The van der Waals surface area contributed by atoms with Crippen molar-refractivity contribution in [3.05, 3.63) is 29.3 Å². The van der Waals surface area contributed by atoms with Gasteiger partial charge in [0.25, 0.3) is 5.91 Å². The number of aldehydes is 1. The first kappa shape index (κ1) is 20.6. The molecule has 1 heterocycles. The molecule has 0 spiro atoms. The number of piperidine rings is 1. The fourth-order valence-corrected chi connectivity index (χ4v) is 3.51. The van der Waals surface area contributed by atoms with Gasteiger partial charge in [0.2, 0.25) is 0 Å². The summed E-state index contributed by atoms with van der Waals surface area (Å²) in [6, 6.07) is 4.28. The summed E-state index contributed by atoms with van der Waals surface area (Å²) in [4.78, 5) is 26.0. The number of nitrogens with zero attached hydrogens (tertiary/aromatic N) is 1. The fourth-order valence-electron chi connectivity index (χ4n) is 3.51. The number of benzene rings is 1. The first-order chi connectivity index (χ1) is 12.3. The van der Waals surface area contributed by atoms with Crippen molar-refractivity contribution in [3.8, 4) is 0 Å². The maximum Gasteiger partial charge on any atom is 0.489 e. The van der Waals surface area contributed by atoms with E-state index in [9.17, 15) is 19.6 Å². The van der Waals surface area contributed by atoms with Crippen LogP contribution in [0.15, 0.2) is 18.2 Å².